The zero-order valence-electron chi connectivity index (χ0n) is 16.2. The minimum absolute atomic E-state index is 0.341. The van der Waals surface area contributed by atoms with Crippen LogP contribution in [0.15, 0.2) is 30.3 Å². The maximum atomic E-state index is 9.67. The summed E-state index contributed by atoms with van der Waals surface area (Å²) in [4.78, 5) is 11.8. The van der Waals surface area contributed by atoms with Gasteiger partial charge in [0.05, 0.1) is 17.1 Å². The number of hydrogen-bond donors (Lipinski definition) is 1. The third kappa shape index (κ3) is 3.29. The Morgan fingerprint density at radius 1 is 1.04 bits per heavy atom. The summed E-state index contributed by atoms with van der Waals surface area (Å²) in [5, 5.41) is 14.2. The lowest BCUT2D eigenvalue weighted by Crippen LogP contribution is -2.30. The summed E-state index contributed by atoms with van der Waals surface area (Å²) >= 11 is 0. The maximum Gasteiger partial charge on any atom is 0.156 e. The van der Waals surface area contributed by atoms with Crippen LogP contribution in [0.5, 0.6) is 0 Å². The lowest BCUT2D eigenvalue weighted by molar-refractivity contribution is 0.573. The quantitative estimate of drug-likeness (QED) is 0.756. The second-order valence-corrected chi connectivity index (χ2v) is 7.17. The highest BCUT2D eigenvalue weighted by Gasteiger charge is 2.18. The summed E-state index contributed by atoms with van der Waals surface area (Å²) in [6.07, 6.45) is 3.61. The maximum absolute atomic E-state index is 9.67. The van der Waals surface area contributed by atoms with Crippen LogP contribution in [0, 0.1) is 25.2 Å². The van der Waals surface area contributed by atoms with Crippen molar-refractivity contribution >= 4 is 11.5 Å². The minimum atomic E-state index is 0.341. The number of hydrogen-bond acceptors (Lipinski definition) is 6. The van der Waals surface area contributed by atoms with Crippen molar-refractivity contribution in [1.29, 1.82) is 5.26 Å². The minimum Gasteiger partial charge on any atom is -0.397 e. The Morgan fingerprint density at radius 2 is 1.82 bits per heavy atom. The molecule has 1 saturated heterocycles. The van der Waals surface area contributed by atoms with Gasteiger partial charge in [-0.1, -0.05) is 6.07 Å². The molecule has 4 heterocycles. The first-order chi connectivity index (χ1) is 13.6. The van der Waals surface area contributed by atoms with Crippen molar-refractivity contribution in [2.24, 2.45) is 0 Å². The smallest absolute Gasteiger partial charge is 0.156 e. The number of piperidine rings is 1. The second kappa shape index (κ2) is 7.31. The van der Waals surface area contributed by atoms with E-state index in [0.717, 1.165) is 30.3 Å². The lowest BCUT2D eigenvalue weighted by Gasteiger charge is -2.28. The van der Waals surface area contributed by atoms with Crippen molar-refractivity contribution in [2.75, 3.05) is 23.7 Å². The number of nitriles is 1. The molecule has 0 unspecified atom stereocenters. The van der Waals surface area contributed by atoms with Crippen molar-refractivity contribution in [3.8, 4) is 23.3 Å². The Balaban J connectivity index is 1.83. The van der Waals surface area contributed by atoms with E-state index in [4.69, 9.17) is 15.7 Å². The van der Waals surface area contributed by atoms with Gasteiger partial charge in [0, 0.05) is 24.8 Å². The fraction of sp³-hybridized carbons (Fsp3) is 0.333. The zero-order chi connectivity index (χ0) is 19.7. The van der Waals surface area contributed by atoms with Crippen LogP contribution in [0.3, 0.4) is 0 Å². The van der Waals surface area contributed by atoms with Gasteiger partial charge in [0.15, 0.2) is 5.82 Å². The number of nitrogens with zero attached hydrogens (tertiary/aromatic N) is 6. The average Bonchev–Trinajstić information content (AvgIpc) is 3.06. The SMILES string of the molecule is Cc1cc(C)n(-c2cc(N)c(C#N)c(-c3cccc(N4CCCCC4)n3)n2)n1. The van der Waals surface area contributed by atoms with Gasteiger partial charge in [0.25, 0.3) is 0 Å². The largest absolute Gasteiger partial charge is 0.397 e. The molecule has 0 spiro atoms. The van der Waals surface area contributed by atoms with Gasteiger partial charge in [-0.25, -0.2) is 14.6 Å². The number of aryl methyl sites for hydroxylation is 2. The van der Waals surface area contributed by atoms with Crippen molar-refractivity contribution in [2.45, 2.75) is 33.1 Å². The molecule has 1 aliphatic heterocycles. The van der Waals surface area contributed by atoms with Gasteiger partial charge < -0.3 is 10.6 Å². The summed E-state index contributed by atoms with van der Waals surface area (Å²) in [7, 11) is 0. The predicted molar refractivity (Wildman–Crippen MR) is 109 cm³/mol. The van der Waals surface area contributed by atoms with E-state index in [1.165, 1.54) is 19.3 Å². The standard InChI is InChI=1S/C21H23N7/c1-14-11-15(2)28(26-14)20-12-17(23)16(13-22)21(25-20)18-7-6-8-19(24-18)27-9-4-3-5-10-27/h6-8,11-12H,3-5,9-10H2,1-2H3,(H2,23,25). The van der Waals surface area contributed by atoms with Crippen LogP contribution in [-0.2, 0) is 0 Å². The van der Waals surface area contributed by atoms with Gasteiger partial charge >= 0.3 is 0 Å². The molecule has 0 saturated carbocycles. The van der Waals surface area contributed by atoms with Gasteiger partial charge in [-0.15, -0.1) is 0 Å². The van der Waals surface area contributed by atoms with Gasteiger partial charge in [-0.2, -0.15) is 10.4 Å². The van der Waals surface area contributed by atoms with Crippen molar-refractivity contribution in [3.63, 3.8) is 0 Å². The average molecular weight is 373 g/mol. The van der Waals surface area contributed by atoms with Crippen LogP contribution < -0.4 is 10.6 Å². The molecule has 7 nitrogen and oxygen atoms in total. The van der Waals surface area contributed by atoms with Crippen molar-refractivity contribution < 1.29 is 0 Å². The molecule has 0 aliphatic carbocycles. The third-order valence-electron chi connectivity index (χ3n) is 5.03. The number of nitrogens with two attached hydrogens (primary N) is 1. The van der Waals surface area contributed by atoms with E-state index in [1.54, 1.807) is 10.7 Å². The van der Waals surface area contributed by atoms with E-state index in [1.807, 2.05) is 38.1 Å². The summed E-state index contributed by atoms with van der Waals surface area (Å²) in [5.74, 6) is 1.50. The van der Waals surface area contributed by atoms with Crippen molar-refractivity contribution in [3.05, 3.63) is 47.3 Å². The first-order valence-corrected chi connectivity index (χ1v) is 9.53. The van der Waals surface area contributed by atoms with Crippen LogP contribution in [0.2, 0.25) is 0 Å². The van der Waals surface area contributed by atoms with Crippen LogP contribution in [-0.4, -0.2) is 32.8 Å². The molecule has 3 aromatic heterocycles. The van der Waals surface area contributed by atoms with Gasteiger partial charge in [0.2, 0.25) is 0 Å². The summed E-state index contributed by atoms with van der Waals surface area (Å²) < 4.78 is 1.74. The van der Waals surface area contributed by atoms with Crippen LogP contribution in [0.1, 0.15) is 36.2 Å². The van der Waals surface area contributed by atoms with E-state index in [9.17, 15) is 5.26 Å². The Hall–Kier alpha value is -3.40. The normalized spacial score (nSPS) is 14.1. The fourth-order valence-electron chi connectivity index (χ4n) is 3.68. The van der Waals surface area contributed by atoms with Gasteiger partial charge in [-0.05, 0) is 51.3 Å². The molecule has 0 aromatic carbocycles. The molecule has 1 aliphatic rings. The van der Waals surface area contributed by atoms with E-state index in [2.05, 4.69) is 16.1 Å². The van der Waals surface area contributed by atoms with Crippen LogP contribution in [0.25, 0.3) is 17.2 Å². The van der Waals surface area contributed by atoms with Crippen LogP contribution in [0.4, 0.5) is 11.5 Å². The topological polar surface area (TPSA) is 96.7 Å². The highest BCUT2D eigenvalue weighted by Crippen LogP contribution is 2.28. The molecule has 0 radical (unpaired) electrons. The van der Waals surface area contributed by atoms with E-state index >= 15 is 0 Å². The zero-order valence-corrected chi connectivity index (χ0v) is 16.2. The molecule has 0 atom stereocenters. The van der Waals surface area contributed by atoms with Crippen molar-refractivity contribution in [1.82, 2.24) is 19.7 Å². The molecule has 1 fully saturated rings. The predicted octanol–water partition coefficient (Wildman–Crippen LogP) is 3.39. The molecule has 4 rings (SSSR count). The van der Waals surface area contributed by atoms with E-state index in [0.29, 0.717) is 28.5 Å². The van der Waals surface area contributed by atoms with E-state index < -0.39 is 0 Å². The Labute approximate surface area is 164 Å². The fourth-order valence-corrected chi connectivity index (χ4v) is 3.68. The Morgan fingerprint density at radius 3 is 2.50 bits per heavy atom. The molecular formula is C21H23N7. The monoisotopic (exact) mass is 373 g/mol. The molecule has 7 heteroatoms. The second-order valence-electron chi connectivity index (χ2n) is 7.17. The molecule has 0 amide bonds. The number of anilines is 2. The molecule has 28 heavy (non-hydrogen) atoms. The lowest BCUT2D eigenvalue weighted by atomic mass is 10.1. The van der Waals surface area contributed by atoms with E-state index in [-0.39, 0.29) is 0 Å². The summed E-state index contributed by atoms with van der Waals surface area (Å²) in [6.45, 7) is 5.90. The molecular weight excluding hydrogens is 350 g/mol. The highest BCUT2D eigenvalue weighted by molar-refractivity contribution is 5.74. The van der Waals surface area contributed by atoms with Gasteiger partial charge in [0.1, 0.15) is 23.1 Å². The molecule has 142 valence electrons. The number of nitrogen functional groups attached to an aromatic ring is 1. The first-order valence-electron chi connectivity index (χ1n) is 9.53. The first kappa shape index (κ1) is 18.0. The number of aromatic nitrogens is 4. The Kier molecular flexibility index (Phi) is 4.70. The highest BCUT2D eigenvalue weighted by atomic mass is 15.3. The molecule has 0 bridgehead atoms. The molecule has 2 N–H and O–H groups in total. The third-order valence-corrected chi connectivity index (χ3v) is 5.03. The van der Waals surface area contributed by atoms with Crippen LogP contribution >= 0.6 is 0 Å². The summed E-state index contributed by atoms with van der Waals surface area (Å²) in [5.41, 5.74) is 9.91. The Bertz CT molecular complexity index is 1060. The number of pyridine rings is 2. The summed E-state index contributed by atoms with van der Waals surface area (Å²) in [6, 6.07) is 11.7. The number of rotatable bonds is 3. The van der Waals surface area contributed by atoms with Gasteiger partial charge in [-0.3, -0.25) is 0 Å². The molecule has 3 aromatic rings.